The van der Waals surface area contributed by atoms with Crippen LogP contribution in [0.25, 0.3) is 10.8 Å². The zero-order valence-corrected chi connectivity index (χ0v) is 11.1. The molecule has 2 nitrogen and oxygen atoms in total. The highest BCUT2D eigenvalue weighted by Crippen LogP contribution is 2.21. The van der Waals surface area contributed by atoms with Gasteiger partial charge in [0.05, 0.1) is 12.7 Å². The molecule has 0 aliphatic rings. The first kappa shape index (κ1) is 11.5. The number of anilines is 1. The first-order valence-corrected chi connectivity index (χ1v) is 6.83. The van der Waals surface area contributed by atoms with Gasteiger partial charge in [0.25, 0.3) is 0 Å². The van der Waals surface area contributed by atoms with E-state index >= 15 is 0 Å². The van der Waals surface area contributed by atoms with Gasteiger partial charge in [0, 0.05) is 5.69 Å². The standard InChI is InChI=1S/C14H11ClN2S/c15-13-8-17-14(18-13)9-16-12-6-5-10-3-1-2-4-11(10)7-12/h1-8,16H,9H2. The molecule has 90 valence electrons. The van der Waals surface area contributed by atoms with Crippen LogP contribution >= 0.6 is 22.9 Å². The fraction of sp³-hybridized carbons (Fsp3) is 0.0714. The van der Waals surface area contributed by atoms with E-state index in [2.05, 4.69) is 40.6 Å². The number of aromatic nitrogens is 1. The van der Waals surface area contributed by atoms with Crippen molar-refractivity contribution in [3.8, 4) is 0 Å². The molecule has 3 rings (SSSR count). The lowest BCUT2D eigenvalue weighted by molar-refractivity contribution is 1.10. The van der Waals surface area contributed by atoms with Crippen LogP contribution in [-0.4, -0.2) is 4.98 Å². The molecule has 0 saturated carbocycles. The third-order valence-corrected chi connectivity index (χ3v) is 3.83. The zero-order valence-electron chi connectivity index (χ0n) is 9.56. The summed E-state index contributed by atoms with van der Waals surface area (Å²) >= 11 is 7.35. The molecule has 0 bridgehead atoms. The van der Waals surface area contributed by atoms with E-state index in [1.807, 2.05) is 12.1 Å². The van der Waals surface area contributed by atoms with Gasteiger partial charge in [-0.25, -0.2) is 4.98 Å². The maximum atomic E-state index is 5.85. The van der Waals surface area contributed by atoms with Gasteiger partial charge in [0.2, 0.25) is 0 Å². The molecule has 1 heterocycles. The van der Waals surface area contributed by atoms with Gasteiger partial charge in [-0.05, 0) is 22.9 Å². The normalized spacial score (nSPS) is 10.7. The molecular formula is C14H11ClN2S. The monoisotopic (exact) mass is 274 g/mol. The van der Waals surface area contributed by atoms with Crippen LogP contribution in [0.5, 0.6) is 0 Å². The number of thiazole rings is 1. The molecule has 0 spiro atoms. The molecule has 3 aromatic rings. The zero-order chi connectivity index (χ0) is 12.4. The van der Waals surface area contributed by atoms with Crippen molar-refractivity contribution in [3.63, 3.8) is 0 Å². The van der Waals surface area contributed by atoms with Crippen molar-refractivity contribution in [3.05, 3.63) is 58.0 Å². The molecule has 2 aromatic carbocycles. The maximum absolute atomic E-state index is 5.85. The average molecular weight is 275 g/mol. The quantitative estimate of drug-likeness (QED) is 0.757. The number of rotatable bonds is 3. The number of hydrogen-bond donors (Lipinski definition) is 1. The lowest BCUT2D eigenvalue weighted by atomic mass is 10.1. The summed E-state index contributed by atoms with van der Waals surface area (Å²) in [5, 5.41) is 6.84. The fourth-order valence-electron chi connectivity index (χ4n) is 1.85. The molecule has 1 N–H and O–H groups in total. The predicted octanol–water partition coefficient (Wildman–Crippen LogP) is 4.56. The van der Waals surface area contributed by atoms with Crippen LogP contribution in [0.15, 0.2) is 48.7 Å². The van der Waals surface area contributed by atoms with E-state index in [4.69, 9.17) is 11.6 Å². The highest BCUT2D eigenvalue weighted by Gasteiger charge is 2.00. The highest BCUT2D eigenvalue weighted by molar-refractivity contribution is 7.15. The van der Waals surface area contributed by atoms with Gasteiger partial charge in [0.15, 0.2) is 0 Å². The van der Waals surface area contributed by atoms with Crippen LogP contribution in [0.4, 0.5) is 5.69 Å². The predicted molar refractivity (Wildman–Crippen MR) is 78.4 cm³/mol. The van der Waals surface area contributed by atoms with Crippen molar-refractivity contribution in [2.75, 3.05) is 5.32 Å². The topological polar surface area (TPSA) is 24.9 Å². The fourth-order valence-corrected chi connectivity index (χ4v) is 2.74. The maximum Gasteiger partial charge on any atom is 0.113 e. The number of hydrogen-bond acceptors (Lipinski definition) is 3. The molecule has 1 aromatic heterocycles. The van der Waals surface area contributed by atoms with Crippen LogP contribution in [0, 0.1) is 0 Å². The van der Waals surface area contributed by atoms with Gasteiger partial charge >= 0.3 is 0 Å². The van der Waals surface area contributed by atoms with Crippen LogP contribution < -0.4 is 5.32 Å². The molecule has 0 aliphatic heterocycles. The first-order valence-electron chi connectivity index (χ1n) is 5.64. The summed E-state index contributed by atoms with van der Waals surface area (Å²) in [6.45, 7) is 0.704. The Morgan fingerprint density at radius 1 is 1.11 bits per heavy atom. The van der Waals surface area contributed by atoms with E-state index in [0.29, 0.717) is 6.54 Å². The van der Waals surface area contributed by atoms with E-state index in [0.717, 1.165) is 15.0 Å². The van der Waals surface area contributed by atoms with Crippen LogP contribution in [0.3, 0.4) is 0 Å². The van der Waals surface area contributed by atoms with Gasteiger partial charge in [0.1, 0.15) is 9.34 Å². The summed E-state index contributed by atoms with van der Waals surface area (Å²) in [5.41, 5.74) is 1.10. The third-order valence-electron chi connectivity index (χ3n) is 2.72. The van der Waals surface area contributed by atoms with E-state index in [9.17, 15) is 0 Å². The van der Waals surface area contributed by atoms with Gasteiger partial charge in [-0.3, -0.25) is 0 Å². The summed E-state index contributed by atoms with van der Waals surface area (Å²) in [4.78, 5) is 4.22. The second-order valence-corrected chi connectivity index (χ2v) is 5.72. The first-order chi connectivity index (χ1) is 8.81. The largest absolute Gasteiger partial charge is 0.379 e. The van der Waals surface area contributed by atoms with Crippen LogP contribution in [0.2, 0.25) is 4.34 Å². The lowest BCUT2D eigenvalue weighted by Crippen LogP contribution is -1.98. The molecule has 0 radical (unpaired) electrons. The molecule has 4 heteroatoms. The van der Waals surface area contributed by atoms with E-state index in [1.54, 1.807) is 6.20 Å². The molecule has 0 fully saturated rings. The Bertz CT molecular complexity index is 678. The second kappa shape index (κ2) is 4.96. The summed E-state index contributed by atoms with van der Waals surface area (Å²) in [5.74, 6) is 0. The van der Waals surface area contributed by atoms with Crippen molar-refractivity contribution >= 4 is 39.4 Å². The summed E-state index contributed by atoms with van der Waals surface area (Å²) in [6.07, 6.45) is 1.68. The van der Waals surface area contributed by atoms with Gasteiger partial charge in [-0.15, -0.1) is 11.3 Å². The average Bonchev–Trinajstić information content (AvgIpc) is 2.82. The van der Waals surface area contributed by atoms with Crippen molar-refractivity contribution in [1.82, 2.24) is 4.98 Å². The van der Waals surface area contributed by atoms with E-state index < -0.39 is 0 Å². The Balaban J connectivity index is 1.78. The summed E-state index contributed by atoms with van der Waals surface area (Å²) < 4.78 is 0.727. The van der Waals surface area contributed by atoms with Crippen molar-refractivity contribution < 1.29 is 0 Å². The van der Waals surface area contributed by atoms with Crippen LogP contribution in [-0.2, 0) is 6.54 Å². The van der Waals surface area contributed by atoms with Crippen molar-refractivity contribution in [2.24, 2.45) is 0 Å². The minimum Gasteiger partial charge on any atom is -0.379 e. The highest BCUT2D eigenvalue weighted by atomic mass is 35.5. The van der Waals surface area contributed by atoms with E-state index in [1.165, 1.54) is 22.1 Å². The van der Waals surface area contributed by atoms with Gasteiger partial charge < -0.3 is 5.32 Å². The lowest BCUT2D eigenvalue weighted by Gasteiger charge is -2.05. The minimum atomic E-state index is 0.704. The Labute approximate surface area is 114 Å². The van der Waals surface area contributed by atoms with Gasteiger partial charge in [-0.1, -0.05) is 41.9 Å². The Hall–Kier alpha value is -1.58. The van der Waals surface area contributed by atoms with Crippen molar-refractivity contribution in [1.29, 1.82) is 0 Å². The Kier molecular flexibility index (Phi) is 3.17. The molecule has 0 amide bonds. The van der Waals surface area contributed by atoms with Crippen LogP contribution in [0.1, 0.15) is 5.01 Å². The Morgan fingerprint density at radius 3 is 2.72 bits per heavy atom. The Morgan fingerprint density at radius 2 is 1.94 bits per heavy atom. The molecule has 0 saturated heterocycles. The summed E-state index contributed by atoms with van der Waals surface area (Å²) in [6, 6.07) is 14.7. The number of nitrogens with one attached hydrogen (secondary N) is 1. The van der Waals surface area contributed by atoms with E-state index in [-0.39, 0.29) is 0 Å². The third kappa shape index (κ3) is 2.47. The molecule has 18 heavy (non-hydrogen) atoms. The second-order valence-electron chi connectivity index (χ2n) is 3.97. The number of benzene rings is 2. The van der Waals surface area contributed by atoms with Gasteiger partial charge in [-0.2, -0.15) is 0 Å². The number of halogens is 1. The molecular weight excluding hydrogens is 264 g/mol. The SMILES string of the molecule is Clc1cnc(CNc2ccc3ccccc3c2)s1. The molecule has 0 unspecified atom stereocenters. The summed E-state index contributed by atoms with van der Waals surface area (Å²) in [7, 11) is 0. The number of fused-ring (bicyclic) bond motifs is 1. The van der Waals surface area contributed by atoms with Crippen molar-refractivity contribution in [2.45, 2.75) is 6.54 Å². The molecule has 0 aliphatic carbocycles. The molecule has 0 atom stereocenters. The number of nitrogens with zero attached hydrogens (tertiary/aromatic N) is 1. The minimum absolute atomic E-state index is 0.704. The smallest absolute Gasteiger partial charge is 0.113 e.